The first kappa shape index (κ1) is 17.2. The molecule has 1 heterocycles. The summed E-state index contributed by atoms with van der Waals surface area (Å²) in [7, 11) is 1.89. The molecule has 0 saturated heterocycles. The quantitative estimate of drug-likeness (QED) is 0.543. The van der Waals surface area contributed by atoms with E-state index in [2.05, 4.69) is 10.3 Å². The van der Waals surface area contributed by atoms with Gasteiger partial charge in [-0.3, -0.25) is 14.9 Å². The minimum Gasteiger partial charge on any atom is -0.486 e. The number of nitro benzene ring substituents is 1. The highest BCUT2D eigenvalue weighted by Crippen LogP contribution is 2.18. The molecule has 0 bridgehead atoms. The van der Waals surface area contributed by atoms with Crippen molar-refractivity contribution in [3.05, 3.63) is 82.4 Å². The third kappa shape index (κ3) is 4.04. The fourth-order valence-electron chi connectivity index (χ4n) is 2.26. The van der Waals surface area contributed by atoms with Crippen LogP contribution < -0.4 is 10.1 Å². The molecule has 3 rings (SSSR count). The van der Waals surface area contributed by atoms with Crippen LogP contribution in [0, 0.1) is 10.1 Å². The number of non-ortho nitro benzene ring substituents is 1. The normalized spacial score (nSPS) is 10.3. The van der Waals surface area contributed by atoms with Gasteiger partial charge in [-0.25, -0.2) is 4.98 Å². The van der Waals surface area contributed by atoms with Crippen LogP contribution in [0.3, 0.4) is 0 Å². The number of carbonyl (C=O) groups excluding carboxylic acids is 1. The van der Waals surface area contributed by atoms with Crippen LogP contribution in [0.25, 0.3) is 0 Å². The standard InChI is InChI=1S/C18H16N4O4/c1-21-11-10-19-17(21)12-26-16-8-4-14(5-9-16)20-18(23)13-2-6-15(7-3-13)22(24)25/h2-11H,12H2,1H3,(H,20,23). The molecule has 0 radical (unpaired) electrons. The van der Waals surface area contributed by atoms with Gasteiger partial charge in [-0.15, -0.1) is 0 Å². The molecule has 0 atom stereocenters. The molecule has 3 aromatic rings. The minimum absolute atomic E-state index is 0.0595. The van der Waals surface area contributed by atoms with Gasteiger partial charge in [0.15, 0.2) is 0 Å². The van der Waals surface area contributed by atoms with E-state index < -0.39 is 4.92 Å². The molecule has 132 valence electrons. The van der Waals surface area contributed by atoms with Crippen molar-refractivity contribution in [1.29, 1.82) is 0 Å². The molecule has 1 amide bonds. The second kappa shape index (κ2) is 7.47. The molecular formula is C18H16N4O4. The lowest BCUT2D eigenvalue weighted by molar-refractivity contribution is -0.384. The Morgan fingerprint density at radius 3 is 2.46 bits per heavy atom. The summed E-state index contributed by atoms with van der Waals surface area (Å²) in [6, 6.07) is 12.3. The molecule has 2 aromatic carbocycles. The number of nitrogens with zero attached hydrogens (tertiary/aromatic N) is 3. The number of benzene rings is 2. The molecule has 8 heteroatoms. The van der Waals surface area contributed by atoms with Crippen LogP contribution in [0.2, 0.25) is 0 Å². The van der Waals surface area contributed by atoms with E-state index in [1.807, 2.05) is 17.8 Å². The number of amides is 1. The van der Waals surface area contributed by atoms with E-state index >= 15 is 0 Å². The summed E-state index contributed by atoms with van der Waals surface area (Å²) < 4.78 is 7.53. The van der Waals surface area contributed by atoms with E-state index in [0.29, 0.717) is 23.6 Å². The monoisotopic (exact) mass is 352 g/mol. The van der Waals surface area contributed by atoms with Gasteiger partial charge < -0.3 is 14.6 Å². The topological polar surface area (TPSA) is 99.3 Å². The summed E-state index contributed by atoms with van der Waals surface area (Å²) >= 11 is 0. The Morgan fingerprint density at radius 1 is 1.19 bits per heavy atom. The zero-order chi connectivity index (χ0) is 18.5. The maximum absolute atomic E-state index is 12.2. The Bertz CT molecular complexity index is 917. The lowest BCUT2D eigenvalue weighted by Crippen LogP contribution is -2.11. The second-order valence-electron chi connectivity index (χ2n) is 5.53. The van der Waals surface area contributed by atoms with E-state index in [1.165, 1.54) is 24.3 Å². The molecular weight excluding hydrogens is 336 g/mol. The largest absolute Gasteiger partial charge is 0.486 e. The van der Waals surface area contributed by atoms with Crippen LogP contribution in [0.1, 0.15) is 16.2 Å². The van der Waals surface area contributed by atoms with Crippen LogP contribution in [0.4, 0.5) is 11.4 Å². The zero-order valence-electron chi connectivity index (χ0n) is 14.0. The number of rotatable bonds is 6. The lowest BCUT2D eigenvalue weighted by atomic mass is 10.2. The average molecular weight is 352 g/mol. The number of aromatic nitrogens is 2. The first-order chi connectivity index (χ1) is 12.5. The van der Waals surface area contributed by atoms with Crippen LogP contribution in [0.15, 0.2) is 60.9 Å². The Balaban J connectivity index is 1.59. The highest BCUT2D eigenvalue weighted by molar-refractivity contribution is 6.04. The van der Waals surface area contributed by atoms with Gasteiger partial charge in [0, 0.05) is 42.8 Å². The van der Waals surface area contributed by atoms with Gasteiger partial charge in [0.25, 0.3) is 11.6 Å². The summed E-state index contributed by atoms with van der Waals surface area (Å²) in [4.78, 5) is 26.5. The van der Waals surface area contributed by atoms with Crippen molar-refractivity contribution >= 4 is 17.3 Å². The Labute approximate surface area is 149 Å². The van der Waals surface area contributed by atoms with Gasteiger partial charge in [0.05, 0.1) is 4.92 Å². The number of imidazole rings is 1. The predicted octanol–water partition coefficient (Wildman–Crippen LogP) is 3.16. The average Bonchev–Trinajstić information content (AvgIpc) is 3.06. The number of ether oxygens (including phenoxy) is 1. The number of hydrogen-bond donors (Lipinski definition) is 1. The van der Waals surface area contributed by atoms with Crippen molar-refractivity contribution in [2.45, 2.75) is 6.61 Å². The van der Waals surface area contributed by atoms with E-state index in [9.17, 15) is 14.9 Å². The maximum atomic E-state index is 12.2. The molecule has 0 aliphatic carbocycles. The van der Waals surface area contributed by atoms with Crippen LogP contribution in [-0.4, -0.2) is 20.4 Å². The summed E-state index contributed by atoms with van der Waals surface area (Å²) in [6.07, 6.45) is 3.55. The van der Waals surface area contributed by atoms with Gasteiger partial charge in [0.1, 0.15) is 18.2 Å². The second-order valence-corrected chi connectivity index (χ2v) is 5.53. The highest BCUT2D eigenvalue weighted by Gasteiger charge is 2.10. The lowest BCUT2D eigenvalue weighted by Gasteiger charge is -2.08. The van der Waals surface area contributed by atoms with E-state index in [1.54, 1.807) is 30.5 Å². The van der Waals surface area contributed by atoms with E-state index in [0.717, 1.165) is 5.82 Å². The summed E-state index contributed by atoms with van der Waals surface area (Å²) in [5.41, 5.74) is 0.874. The number of anilines is 1. The van der Waals surface area contributed by atoms with Crippen LogP contribution in [-0.2, 0) is 13.7 Å². The molecule has 8 nitrogen and oxygen atoms in total. The number of hydrogen-bond acceptors (Lipinski definition) is 5. The first-order valence-corrected chi connectivity index (χ1v) is 7.78. The Morgan fingerprint density at radius 2 is 1.88 bits per heavy atom. The number of aryl methyl sites for hydroxylation is 1. The number of nitro groups is 1. The van der Waals surface area contributed by atoms with Gasteiger partial charge in [0.2, 0.25) is 0 Å². The predicted molar refractivity (Wildman–Crippen MR) is 95.0 cm³/mol. The smallest absolute Gasteiger partial charge is 0.269 e. The fourth-order valence-corrected chi connectivity index (χ4v) is 2.26. The van der Waals surface area contributed by atoms with Crippen molar-refractivity contribution < 1.29 is 14.5 Å². The van der Waals surface area contributed by atoms with Crippen molar-refractivity contribution in [3.8, 4) is 5.75 Å². The molecule has 0 fully saturated rings. The third-order valence-electron chi connectivity index (χ3n) is 3.74. The van der Waals surface area contributed by atoms with E-state index in [4.69, 9.17) is 4.74 Å². The van der Waals surface area contributed by atoms with Crippen LogP contribution >= 0.6 is 0 Å². The first-order valence-electron chi connectivity index (χ1n) is 7.78. The summed E-state index contributed by atoms with van der Waals surface area (Å²) in [5.74, 6) is 1.11. The van der Waals surface area contributed by atoms with E-state index in [-0.39, 0.29) is 11.6 Å². The van der Waals surface area contributed by atoms with Gasteiger partial charge in [-0.1, -0.05) is 0 Å². The van der Waals surface area contributed by atoms with Gasteiger partial charge in [-0.2, -0.15) is 0 Å². The van der Waals surface area contributed by atoms with Crippen molar-refractivity contribution in [2.24, 2.45) is 7.05 Å². The number of nitrogens with one attached hydrogen (secondary N) is 1. The summed E-state index contributed by atoms with van der Waals surface area (Å²) in [6.45, 7) is 0.345. The molecule has 26 heavy (non-hydrogen) atoms. The Hall–Kier alpha value is -3.68. The molecule has 0 aliphatic heterocycles. The van der Waals surface area contributed by atoms with Crippen molar-refractivity contribution in [1.82, 2.24) is 9.55 Å². The maximum Gasteiger partial charge on any atom is 0.269 e. The molecule has 1 aromatic heterocycles. The molecule has 0 spiro atoms. The SMILES string of the molecule is Cn1ccnc1COc1ccc(NC(=O)c2ccc([N+](=O)[O-])cc2)cc1. The van der Waals surface area contributed by atoms with Crippen molar-refractivity contribution in [2.75, 3.05) is 5.32 Å². The zero-order valence-corrected chi connectivity index (χ0v) is 14.0. The summed E-state index contributed by atoms with van der Waals surface area (Å²) in [5, 5.41) is 13.4. The fraction of sp³-hybridized carbons (Fsp3) is 0.111. The molecule has 0 saturated carbocycles. The minimum atomic E-state index is -0.509. The highest BCUT2D eigenvalue weighted by atomic mass is 16.6. The number of carbonyl (C=O) groups is 1. The van der Waals surface area contributed by atoms with Gasteiger partial charge >= 0.3 is 0 Å². The molecule has 0 aliphatic rings. The Kier molecular flexibility index (Phi) is 4.93. The third-order valence-corrected chi connectivity index (χ3v) is 3.74. The van der Waals surface area contributed by atoms with Crippen LogP contribution in [0.5, 0.6) is 5.75 Å². The molecule has 0 unspecified atom stereocenters. The van der Waals surface area contributed by atoms with Crippen molar-refractivity contribution in [3.63, 3.8) is 0 Å². The van der Waals surface area contributed by atoms with Gasteiger partial charge in [-0.05, 0) is 36.4 Å². The molecule has 1 N–H and O–H groups in total.